The molecule has 2 aromatic rings. The predicted molar refractivity (Wildman–Crippen MR) is 71.3 cm³/mol. The van der Waals surface area contributed by atoms with Crippen LogP contribution in [0.2, 0.25) is 0 Å². The van der Waals surface area contributed by atoms with E-state index in [1.807, 2.05) is 6.92 Å². The number of rotatable bonds is 5. The molecule has 0 spiro atoms. The number of carboxylic acid groups (broad SMARTS) is 1. The van der Waals surface area contributed by atoms with Crippen molar-refractivity contribution in [2.45, 2.75) is 26.7 Å². The summed E-state index contributed by atoms with van der Waals surface area (Å²) in [6.45, 7) is 3.58. The van der Waals surface area contributed by atoms with Gasteiger partial charge in [-0.05, 0) is 25.0 Å². The Morgan fingerprint density at radius 1 is 1.40 bits per heavy atom. The number of hydrogen-bond donors (Lipinski definition) is 2. The molecule has 106 valence electrons. The molecule has 2 rings (SSSR count). The van der Waals surface area contributed by atoms with Crippen LogP contribution in [0.15, 0.2) is 22.6 Å². The third-order valence-corrected chi connectivity index (χ3v) is 3.05. The number of aliphatic carboxylic acids is 1. The summed E-state index contributed by atoms with van der Waals surface area (Å²) in [6.07, 6.45) is 0.472. The van der Waals surface area contributed by atoms with Crippen LogP contribution in [0.3, 0.4) is 0 Å². The van der Waals surface area contributed by atoms with Gasteiger partial charge in [-0.3, -0.25) is 4.79 Å². The minimum Gasteiger partial charge on any atom is -0.508 e. The molecule has 0 amide bonds. The second kappa shape index (κ2) is 5.73. The van der Waals surface area contributed by atoms with Gasteiger partial charge in [0.25, 0.3) is 0 Å². The van der Waals surface area contributed by atoms with E-state index in [9.17, 15) is 9.90 Å². The predicted octanol–water partition coefficient (Wildman–Crippen LogP) is 2.40. The molecule has 0 aliphatic carbocycles. The summed E-state index contributed by atoms with van der Waals surface area (Å²) in [7, 11) is 0. The molecule has 0 bridgehead atoms. The zero-order valence-electron chi connectivity index (χ0n) is 11.3. The Morgan fingerprint density at radius 3 is 2.85 bits per heavy atom. The minimum absolute atomic E-state index is 0.0584. The van der Waals surface area contributed by atoms with Crippen molar-refractivity contribution in [3.05, 3.63) is 29.7 Å². The first kappa shape index (κ1) is 14.0. The van der Waals surface area contributed by atoms with Crippen LogP contribution < -0.4 is 0 Å². The fourth-order valence-corrected chi connectivity index (χ4v) is 1.97. The lowest BCUT2D eigenvalue weighted by Crippen LogP contribution is -2.07. The van der Waals surface area contributed by atoms with Gasteiger partial charge in [-0.1, -0.05) is 13.0 Å². The summed E-state index contributed by atoms with van der Waals surface area (Å²) in [5.74, 6) is -0.0268. The van der Waals surface area contributed by atoms with Crippen molar-refractivity contribution in [2.75, 3.05) is 0 Å². The summed E-state index contributed by atoms with van der Waals surface area (Å²) in [4.78, 5) is 10.6. The number of aromatic hydroxyl groups is 1. The Bertz CT molecular complexity index is 621. The molecule has 6 heteroatoms. The number of benzene rings is 1. The van der Waals surface area contributed by atoms with Gasteiger partial charge >= 0.3 is 5.97 Å². The number of nitrogens with zero attached hydrogens (tertiary/aromatic N) is 2. The molecular weight excluding hydrogens is 260 g/mol. The fraction of sp³-hybridized carbons (Fsp3) is 0.357. The lowest BCUT2D eigenvalue weighted by Gasteiger charge is -2.04. The highest BCUT2D eigenvalue weighted by Crippen LogP contribution is 2.28. The van der Waals surface area contributed by atoms with E-state index < -0.39 is 5.97 Å². The van der Waals surface area contributed by atoms with Crippen LogP contribution in [0.5, 0.6) is 5.75 Å². The molecule has 0 radical (unpaired) electrons. The van der Waals surface area contributed by atoms with Crippen molar-refractivity contribution < 1.29 is 19.4 Å². The fourth-order valence-electron chi connectivity index (χ4n) is 1.97. The van der Waals surface area contributed by atoms with Crippen molar-refractivity contribution in [1.29, 1.82) is 0 Å². The van der Waals surface area contributed by atoms with Crippen molar-refractivity contribution in [1.82, 2.24) is 10.2 Å². The molecule has 20 heavy (non-hydrogen) atoms. The molecule has 1 unspecified atom stereocenters. The van der Waals surface area contributed by atoms with Gasteiger partial charge in [-0.2, -0.15) is 0 Å². The Morgan fingerprint density at radius 2 is 2.15 bits per heavy atom. The monoisotopic (exact) mass is 276 g/mol. The first-order chi connectivity index (χ1) is 9.47. The number of phenols is 1. The van der Waals surface area contributed by atoms with E-state index in [2.05, 4.69) is 10.2 Å². The summed E-state index contributed by atoms with van der Waals surface area (Å²) >= 11 is 0. The normalized spacial score (nSPS) is 12.3. The highest BCUT2D eigenvalue weighted by Gasteiger charge is 2.16. The number of phenolic OH excluding ortho intramolecular Hbond substituents is 1. The smallest absolute Gasteiger partial charge is 0.303 e. The lowest BCUT2D eigenvalue weighted by atomic mass is 10.0. The van der Waals surface area contributed by atoms with Gasteiger partial charge in [0, 0.05) is 24.0 Å². The van der Waals surface area contributed by atoms with Crippen molar-refractivity contribution in [2.24, 2.45) is 5.92 Å². The van der Waals surface area contributed by atoms with Crippen LogP contribution in [0.1, 0.15) is 24.8 Å². The Balaban J connectivity index is 2.17. The van der Waals surface area contributed by atoms with Crippen molar-refractivity contribution >= 4 is 5.97 Å². The van der Waals surface area contributed by atoms with Gasteiger partial charge in [0.1, 0.15) is 5.75 Å². The zero-order valence-corrected chi connectivity index (χ0v) is 11.3. The summed E-state index contributed by atoms with van der Waals surface area (Å²) < 4.78 is 5.53. The number of aromatic nitrogens is 2. The average molecular weight is 276 g/mol. The van der Waals surface area contributed by atoms with Crippen LogP contribution in [0.25, 0.3) is 11.5 Å². The number of hydrogen-bond acceptors (Lipinski definition) is 5. The highest BCUT2D eigenvalue weighted by molar-refractivity contribution is 5.67. The largest absolute Gasteiger partial charge is 0.508 e. The second-order valence-electron chi connectivity index (χ2n) is 4.86. The summed E-state index contributed by atoms with van der Waals surface area (Å²) in [5.41, 5.74) is 1.34. The zero-order chi connectivity index (χ0) is 14.7. The Labute approximate surface area is 116 Å². The van der Waals surface area contributed by atoms with Crippen LogP contribution in [0.4, 0.5) is 0 Å². The van der Waals surface area contributed by atoms with Gasteiger partial charge in [0.05, 0.1) is 0 Å². The third kappa shape index (κ3) is 3.14. The highest BCUT2D eigenvalue weighted by atomic mass is 16.4. The average Bonchev–Trinajstić information content (AvgIpc) is 2.79. The third-order valence-electron chi connectivity index (χ3n) is 3.05. The Kier molecular flexibility index (Phi) is 4.02. The van der Waals surface area contributed by atoms with Crippen LogP contribution in [-0.2, 0) is 11.2 Å². The molecule has 1 heterocycles. The van der Waals surface area contributed by atoms with Crippen molar-refractivity contribution in [3.63, 3.8) is 0 Å². The maximum atomic E-state index is 10.6. The van der Waals surface area contributed by atoms with Gasteiger partial charge in [-0.15, -0.1) is 10.2 Å². The van der Waals surface area contributed by atoms with E-state index in [4.69, 9.17) is 9.52 Å². The van der Waals surface area contributed by atoms with Crippen LogP contribution >= 0.6 is 0 Å². The van der Waals surface area contributed by atoms with Gasteiger partial charge in [0.15, 0.2) is 0 Å². The van der Waals surface area contributed by atoms with E-state index in [1.165, 1.54) is 0 Å². The van der Waals surface area contributed by atoms with Gasteiger partial charge in [0.2, 0.25) is 11.8 Å². The molecule has 1 aromatic carbocycles. The molecule has 1 atom stereocenters. The number of carboxylic acids is 1. The van der Waals surface area contributed by atoms with Gasteiger partial charge in [-0.25, -0.2) is 0 Å². The molecule has 0 saturated heterocycles. The molecule has 1 aromatic heterocycles. The van der Waals surface area contributed by atoms with Crippen LogP contribution in [0, 0.1) is 12.8 Å². The standard InChI is InChI=1S/C14H16N2O4/c1-8(7-13(18)19)6-12-15-16-14(20-12)10-4-3-5-11(17)9(10)2/h3-5,8,17H,6-7H2,1-2H3,(H,18,19). The first-order valence-electron chi connectivity index (χ1n) is 6.30. The molecular formula is C14H16N2O4. The topological polar surface area (TPSA) is 96.5 Å². The Hall–Kier alpha value is -2.37. The summed E-state index contributed by atoms with van der Waals surface area (Å²) in [5, 5.41) is 26.2. The quantitative estimate of drug-likeness (QED) is 0.870. The summed E-state index contributed by atoms with van der Waals surface area (Å²) in [6, 6.07) is 5.08. The molecule has 0 saturated carbocycles. The second-order valence-corrected chi connectivity index (χ2v) is 4.86. The molecule has 2 N–H and O–H groups in total. The van der Waals surface area contributed by atoms with E-state index >= 15 is 0 Å². The molecule has 0 aliphatic rings. The van der Waals surface area contributed by atoms with Crippen molar-refractivity contribution in [3.8, 4) is 17.2 Å². The van der Waals surface area contributed by atoms with E-state index in [-0.39, 0.29) is 18.1 Å². The van der Waals surface area contributed by atoms with E-state index in [1.54, 1.807) is 25.1 Å². The van der Waals surface area contributed by atoms with E-state index in [0.717, 1.165) is 0 Å². The van der Waals surface area contributed by atoms with Gasteiger partial charge < -0.3 is 14.6 Å². The molecule has 0 fully saturated rings. The molecule has 6 nitrogen and oxygen atoms in total. The lowest BCUT2D eigenvalue weighted by molar-refractivity contribution is -0.137. The maximum Gasteiger partial charge on any atom is 0.303 e. The first-order valence-corrected chi connectivity index (χ1v) is 6.30. The van der Waals surface area contributed by atoms with E-state index in [0.29, 0.717) is 29.3 Å². The minimum atomic E-state index is -0.846. The molecule has 0 aliphatic heterocycles. The van der Waals surface area contributed by atoms with Crippen LogP contribution in [-0.4, -0.2) is 26.4 Å². The maximum absolute atomic E-state index is 10.6. The number of carbonyl (C=O) groups is 1. The SMILES string of the molecule is Cc1c(O)cccc1-c1nnc(CC(C)CC(=O)O)o1.